The van der Waals surface area contributed by atoms with E-state index in [-0.39, 0.29) is 16.4 Å². The third-order valence-corrected chi connectivity index (χ3v) is 5.06. The maximum Gasteiger partial charge on any atom is 0.182 e. The molecule has 4 nitrogen and oxygen atoms in total. The maximum absolute atomic E-state index is 13.6. The van der Waals surface area contributed by atoms with E-state index in [0.29, 0.717) is 16.8 Å². The maximum atomic E-state index is 13.6. The lowest BCUT2D eigenvalue weighted by atomic mass is 10.2. The van der Waals surface area contributed by atoms with Crippen LogP contribution in [-0.4, -0.2) is 15.5 Å². The SMILES string of the molecule is COc1ccc(CS(=O)(=O)c2cccc(N)c2C)cc1F. The van der Waals surface area contributed by atoms with Crippen LogP contribution in [0, 0.1) is 12.7 Å². The number of ether oxygens (including phenoxy) is 1. The van der Waals surface area contributed by atoms with Crippen molar-refractivity contribution < 1.29 is 17.5 Å². The molecule has 0 saturated carbocycles. The second kappa shape index (κ2) is 5.73. The quantitative estimate of drug-likeness (QED) is 0.882. The zero-order valence-corrected chi connectivity index (χ0v) is 12.6. The number of hydrogen-bond acceptors (Lipinski definition) is 4. The van der Waals surface area contributed by atoms with Crippen LogP contribution in [0.2, 0.25) is 0 Å². The Labute approximate surface area is 123 Å². The zero-order chi connectivity index (χ0) is 15.6. The van der Waals surface area contributed by atoms with Gasteiger partial charge < -0.3 is 10.5 Å². The summed E-state index contributed by atoms with van der Waals surface area (Å²) in [5.41, 5.74) is 7.01. The fourth-order valence-electron chi connectivity index (χ4n) is 2.07. The predicted molar refractivity (Wildman–Crippen MR) is 79.4 cm³/mol. The van der Waals surface area contributed by atoms with Gasteiger partial charge in [-0.2, -0.15) is 0 Å². The third-order valence-electron chi connectivity index (χ3n) is 3.23. The van der Waals surface area contributed by atoms with E-state index >= 15 is 0 Å². The number of sulfone groups is 1. The van der Waals surface area contributed by atoms with Gasteiger partial charge in [-0.25, -0.2) is 12.8 Å². The molecule has 2 N–H and O–H groups in total. The smallest absolute Gasteiger partial charge is 0.182 e. The average molecular weight is 309 g/mol. The molecule has 21 heavy (non-hydrogen) atoms. The van der Waals surface area contributed by atoms with Crippen LogP contribution in [0.5, 0.6) is 5.75 Å². The predicted octanol–water partition coefficient (Wildman–Crippen LogP) is 2.70. The largest absolute Gasteiger partial charge is 0.494 e. The van der Waals surface area contributed by atoms with Crippen molar-refractivity contribution in [3.8, 4) is 5.75 Å². The molecule has 0 fully saturated rings. The highest BCUT2D eigenvalue weighted by molar-refractivity contribution is 7.90. The van der Waals surface area contributed by atoms with Gasteiger partial charge in [0.05, 0.1) is 17.8 Å². The molecule has 0 bridgehead atoms. The lowest BCUT2D eigenvalue weighted by molar-refractivity contribution is 0.386. The van der Waals surface area contributed by atoms with E-state index in [9.17, 15) is 12.8 Å². The molecule has 2 rings (SSSR count). The van der Waals surface area contributed by atoms with Gasteiger partial charge in [0.2, 0.25) is 0 Å². The Morgan fingerprint density at radius 3 is 2.57 bits per heavy atom. The standard InChI is InChI=1S/C15H16FNO3S/c1-10-13(17)4-3-5-15(10)21(18,19)9-11-6-7-14(20-2)12(16)8-11/h3-8H,9,17H2,1-2H3. The number of benzene rings is 2. The normalized spacial score (nSPS) is 11.4. The summed E-state index contributed by atoms with van der Waals surface area (Å²) >= 11 is 0. The van der Waals surface area contributed by atoms with Gasteiger partial charge in [0, 0.05) is 5.69 Å². The van der Waals surface area contributed by atoms with Crippen LogP contribution < -0.4 is 10.5 Å². The van der Waals surface area contributed by atoms with Crippen LogP contribution in [0.1, 0.15) is 11.1 Å². The second-order valence-electron chi connectivity index (χ2n) is 4.70. The van der Waals surface area contributed by atoms with Crippen molar-refractivity contribution in [1.82, 2.24) is 0 Å². The number of anilines is 1. The minimum absolute atomic E-state index is 0.0799. The van der Waals surface area contributed by atoms with Gasteiger partial charge in [0.15, 0.2) is 21.4 Å². The topological polar surface area (TPSA) is 69.4 Å². The Balaban J connectivity index is 2.38. The summed E-state index contributed by atoms with van der Waals surface area (Å²) < 4.78 is 43.3. The summed E-state index contributed by atoms with van der Waals surface area (Å²) in [5, 5.41) is 0. The number of rotatable bonds is 4. The van der Waals surface area contributed by atoms with Crippen LogP contribution in [0.15, 0.2) is 41.3 Å². The molecule has 0 aliphatic heterocycles. The van der Waals surface area contributed by atoms with Crippen molar-refractivity contribution in [2.45, 2.75) is 17.6 Å². The van der Waals surface area contributed by atoms with E-state index in [4.69, 9.17) is 10.5 Å². The van der Waals surface area contributed by atoms with Crippen molar-refractivity contribution in [3.63, 3.8) is 0 Å². The minimum atomic E-state index is -3.59. The van der Waals surface area contributed by atoms with Gasteiger partial charge in [-0.3, -0.25) is 0 Å². The van der Waals surface area contributed by atoms with Crippen molar-refractivity contribution in [2.24, 2.45) is 0 Å². The highest BCUT2D eigenvalue weighted by atomic mass is 32.2. The molecular weight excluding hydrogens is 293 g/mol. The molecule has 6 heteroatoms. The van der Waals surface area contributed by atoms with Gasteiger partial charge in [0.25, 0.3) is 0 Å². The van der Waals surface area contributed by atoms with Gasteiger partial charge in [-0.15, -0.1) is 0 Å². The number of halogens is 1. The molecule has 112 valence electrons. The molecule has 0 aromatic heterocycles. The summed E-state index contributed by atoms with van der Waals surface area (Å²) in [6.45, 7) is 1.65. The summed E-state index contributed by atoms with van der Waals surface area (Å²) in [6.07, 6.45) is 0. The number of hydrogen-bond donors (Lipinski definition) is 1. The molecule has 2 aromatic carbocycles. The molecule has 0 spiro atoms. The van der Waals surface area contributed by atoms with Crippen molar-refractivity contribution in [1.29, 1.82) is 0 Å². The first-order valence-corrected chi connectivity index (χ1v) is 7.90. The van der Waals surface area contributed by atoms with E-state index in [1.54, 1.807) is 19.1 Å². The van der Waals surface area contributed by atoms with Crippen LogP contribution in [-0.2, 0) is 15.6 Å². The molecular formula is C15H16FNO3S. The van der Waals surface area contributed by atoms with Gasteiger partial charge >= 0.3 is 0 Å². The molecule has 0 unspecified atom stereocenters. The Morgan fingerprint density at radius 1 is 1.24 bits per heavy atom. The van der Waals surface area contributed by atoms with Crippen LogP contribution in [0.4, 0.5) is 10.1 Å². The molecule has 0 saturated heterocycles. The van der Waals surface area contributed by atoms with E-state index in [1.165, 1.54) is 25.3 Å². The van der Waals surface area contributed by atoms with Crippen molar-refractivity contribution in [2.75, 3.05) is 12.8 Å². The first-order chi connectivity index (χ1) is 9.85. The van der Waals surface area contributed by atoms with Gasteiger partial charge in [0.1, 0.15) is 0 Å². The van der Waals surface area contributed by atoms with Crippen LogP contribution >= 0.6 is 0 Å². The highest BCUT2D eigenvalue weighted by Crippen LogP contribution is 2.25. The fourth-order valence-corrected chi connectivity index (χ4v) is 3.71. The Morgan fingerprint density at radius 2 is 1.95 bits per heavy atom. The molecule has 0 aliphatic rings. The Hall–Kier alpha value is -2.08. The Bertz CT molecular complexity index is 772. The lowest BCUT2D eigenvalue weighted by Crippen LogP contribution is -2.08. The number of nitrogens with two attached hydrogens (primary N) is 1. The fraction of sp³-hybridized carbons (Fsp3) is 0.200. The van der Waals surface area contributed by atoms with Gasteiger partial charge in [-0.1, -0.05) is 12.1 Å². The van der Waals surface area contributed by atoms with Crippen LogP contribution in [0.25, 0.3) is 0 Å². The third kappa shape index (κ3) is 3.16. The summed E-state index contributed by atoms with van der Waals surface area (Å²) in [5.74, 6) is -0.802. The lowest BCUT2D eigenvalue weighted by Gasteiger charge is -2.10. The first-order valence-electron chi connectivity index (χ1n) is 6.25. The molecule has 0 radical (unpaired) electrons. The highest BCUT2D eigenvalue weighted by Gasteiger charge is 2.19. The summed E-state index contributed by atoms with van der Waals surface area (Å²) in [4.78, 5) is 0.165. The molecule has 2 aromatic rings. The van der Waals surface area contributed by atoms with Crippen molar-refractivity contribution >= 4 is 15.5 Å². The van der Waals surface area contributed by atoms with E-state index < -0.39 is 15.7 Å². The Kier molecular flexibility index (Phi) is 4.18. The van der Waals surface area contributed by atoms with E-state index in [0.717, 1.165) is 6.07 Å². The second-order valence-corrected chi connectivity index (χ2v) is 6.66. The molecule has 0 aliphatic carbocycles. The summed E-state index contributed by atoms with van der Waals surface area (Å²) in [6, 6.07) is 8.83. The van der Waals surface area contributed by atoms with E-state index in [2.05, 4.69) is 0 Å². The average Bonchev–Trinajstić information content (AvgIpc) is 2.41. The minimum Gasteiger partial charge on any atom is -0.494 e. The van der Waals surface area contributed by atoms with Crippen LogP contribution in [0.3, 0.4) is 0 Å². The monoisotopic (exact) mass is 309 g/mol. The zero-order valence-electron chi connectivity index (χ0n) is 11.8. The van der Waals surface area contributed by atoms with Crippen molar-refractivity contribution in [3.05, 3.63) is 53.3 Å². The molecule has 0 amide bonds. The summed E-state index contributed by atoms with van der Waals surface area (Å²) in [7, 11) is -2.24. The number of nitrogen functional groups attached to an aromatic ring is 1. The van der Waals surface area contributed by atoms with E-state index in [1.807, 2.05) is 0 Å². The molecule has 0 atom stereocenters. The number of methoxy groups -OCH3 is 1. The van der Waals surface area contributed by atoms with Gasteiger partial charge in [-0.05, 0) is 42.3 Å². The molecule has 0 heterocycles. The first kappa shape index (κ1) is 15.3.